The highest BCUT2D eigenvalue weighted by Crippen LogP contribution is 2.39. The van der Waals surface area contributed by atoms with E-state index in [1.54, 1.807) is 6.20 Å². The van der Waals surface area contributed by atoms with Gasteiger partial charge in [-0.1, -0.05) is 26.2 Å². The van der Waals surface area contributed by atoms with Gasteiger partial charge in [0.2, 0.25) is 0 Å². The Morgan fingerprint density at radius 2 is 2.17 bits per heavy atom. The molecule has 1 aliphatic heterocycles. The van der Waals surface area contributed by atoms with Crippen LogP contribution in [0.3, 0.4) is 0 Å². The van der Waals surface area contributed by atoms with Crippen molar-refractivity contribution in [2.24, 2.45) is 0 Å². The maximum absolute atomic E-state index is 11.9. The molecule has 2 N–H and O–H groups in total. The fourth-order valence-corrected chi connectivity index (χ4v) is 3.86. The average Bonchev–Trinajstić information content (AvgIpc) is 2.61. The largest absolute Gasteiger partial charge is 0.375 e. The second-order valence-electron chi connectivity index (χ2n) is 7.11. The molecule has 2 heterocycles. The molecule has 2 fully saturated rings. The van der Waals surface area contributed by atoms with Crippen molar-refractivity contribution in [3.63, 3.8) is 0 Å². The molecule has 0 aromatic carbocycles. The molecular formula is C19H29N3O2. The number of carbonyl (C=O) groups is 1. The van der Waals surface area contributed by atoms with Crippen LogP contribution in [0.1, 0.15) is 68.6 Å². The summed E-state index contributed by atoms with van der Waals surface area (Å²) in [5, 5.41) is 6.41. The minimum Gasteiger partial charge on any atom is -0.375 e. The number of carbonyl (C=O) groups excluding carboxylic acids is 1. The Kier molecular flexibility index (Phi) is 5.72. The van der Waals surface area contributed by atoms with E-state index >= 15 is 0 Å². The maximum atomic E-state index is 11.9. The van der Waals surface area contributed by atoms with Crippen molar-refractivity contribution >= 4 is 11.7 Å². The van der Waals surface area contributed by atoms with E-state index in [4.69, 9.17) is 4.74 Å². The number of amides is 1. The van der Waals surface area contributed by atoms with Crippen LogP contribution >= 0.6 is 0 Å². The third-order valence-corrected chi connectivity index (χ3v) is 5.17. The molecule has 1 unspecified atom stereocenters. The van der Waals surface area contributed by atoms with E-state index in [1.165, 1.54) is 32.1 Å². The van der Waals surface area contributed by atoms with E-state index in [9.17, 15) is 4.79 Å². The molecule has 3 rings (SSSR count). The van der Waals surface area contributed by atoms with Gasteiger partial charge in [0.25, 0.3) is 5.91 Å². The Morgan fingerprint density at radius 3 is 2.88 bits per heavy atom. The van der Waals surface area contributed by atoms with Crippen LogP contribution < -0.4 is 10.6 Å². The number of hydrogen-bond acceptors (Lipinski definition) is 4. The lowest BCUT2D eigenvalue weighted by Gasteiger charge is -2.43. The van der Waals surface area contributed by atoms with Gasteiger partial charge >= 0.3 is 0 Å². The molecule has 1 saturated heterocycles. The van der Waals surface area contributed by atoms with Crippen molar-refractivity contribution in [2.75, 3.05) is 18.5 Å². The summed E-state index contributed by atoms with van der Waals surface area (Å²) in [5.41, 5.74) is 0.707. The van der Waals surface area contributed by atoms with E-state index in [-0.39, 0.29) is 11.5 Å². The molecule has 1 aromatic rings. The second-order valence-corrected chi connectivity index (χ2v) is 7.11. The molecule has 5 heteroatoms. The minimum atomic E-state index is -0.0527. The molecule has 2 aliphatic rings. The van der Waals surface area contributed by atoms with Gasteiger partial charge in [-0.2, -0.15) is 0 Å². The number of ether oxygens (including phenoxy) is 1. The predicted octanol–water partition coefficient (Wildman–Crippen LogP) is 3.52. The van der Waals surface area contributed by atoms with Crippen molar-refractivity contribution in [1.82, 2.24) is 10.3 Å². The van der Waals surface area contributed by atoms with E-state index in [1.807, 2.05) is 19.1 Å². The van der Waals surface area contributed by atoms with Crippen LogP contribution in [0.5, 0.6) is 0 Å². The van der Waals surface area contributed by atoms with Gasteiger partial charge in [-0.3, -0.25) is 4.79 Å². The summed E-state index contributed by atoms with van der Waals surface area (Å²) in [4.78, 5) is 16.3. The highest BCUT2D eigenvalue weighted by Gasteiger charge is 2.38. The van der Waals surface area contributed by atoms with Crippen molar-refractivity contribution in [3.8, 4) is 0 Å². The van der Waals surface area contributed by atoms with Crippen LogP contribution in [0.15, 0.2) is 18.3 Å². The molecule has 132 valence electrons. The summed E-state index contributed by atoms with van der Waals surface area (Å²) in [6.45, 7) is 3.57. The Morgan fingerprint density at radius 1 is 1.33 bits per heavy atom. The van der Waals surface area contributed by atoms with Crippen LogP contribution in [0, 0.1) is 0 Å². The third-order valence-electron chi connectivity index (χ3n) is 5.17. The number of aromatic nitrogens is 1. The normalized spacial score (nSPS) is 23.0. The van der Waals surface area contributed by atoms with Gasteiger partial charge in [-0.25, -0.2) is 4.98 Å². The van der Waals surface area contributed by atoms with E-state index in [2.05, 4.69) is 15.6 Å². The molecule has 1 aliphatic carbocycles. The summed E-state index contributed by atoms with van der Waals surface area (Å²) < 4.78 is 6.15. The van der Waals surface area contributed by atoms with Crippen LogP contribution in [-0.4, -0.2) is 35.7 Å². The van der Waals surface area contributed by atoms with Gasteiger partial charge in [0.05, 0.1) is 11.2 Å². The molecule has 5 nitrogen and oxygen atoms in total. The van der Waals surface area contributed by atoms with Gasteiger partial charge in [0.1, 0.15) is 5.82 Å². The number of hydrogen-bond donors (Lipinski definition) is 2. The lowest BCUT2D eigenvalue weighted by atomic mass is 9.78. The molecule has 1 spiro atoms. The van der Waals surface area contributed by atoms with Crippen LogP contribution in [-0.2, 0) is 4.74 Å². The SMILES string of the molecule is CCCNC(=O)c1ccc(NC2CCOC3(CCCCC3)C2)nc1. The van der Waals surface area contributed by atoms with Crippen molar-refractivity contribution < 1.29 is 9.53 Å². The first-order chi connectivity index (χ1) is 11.7. The summed E-state index contributed by atoms with van der Waals surface area (Å²) in [5.74, 6) is 0.794. The van der Waals surface area contributed by atoms with E-state index in [0.29, 0.717) is 18.2 Å². The molecule has 1 atom stereocenters. The topological polar surface area (TPSA) is 63.2 Å². The molecule has 1 saturated carbocycles. The Hall–Kier alpha value is -1.62. The number of anilines is 1. The van der Waals surface area contributed by atoms with Crippen molar-refractivity contribution in [1.29, 1.82) is 0 Å². The Balaban J connectivity index is 1.56. The second kappa shape index (κ2) is 7.97. The molecule has 24 heavy (non-hydrogen) atoms. The lowest BCUT2D eigenvalue weighted by molar-refractivity contribution is -0.103. The molecule has 0 radical (unpaired) electrons. The Bertz CT molecular complexity index is 533. The number of pyridine rings is 1. The first-order valence-corrected chi connectivity index (χ1v) is 9.35. The van der Waals surface area contributed by atoms with Gasteiger partial charge < -0.3 is 15.4 Å². The summed E-state index contributed by atoms with van der Waals surface area (Å²) in [7, 11) is 0. The summed E-state index contributed by atoms with van der Waals surface area (Å²) in [6.07, 6.45) is 11.0. The van der Waals surface area contributed by atoms with Gasteiger partial charge in [-0.15, -0.1) is 0 Å². The smallest absolute Gasteiger partial charge is 0.252 e. The van der Waals surface area contributed by atoms with E-state index < -0.39 is 0 Å². The van der Waals surface area contributed by atoms with Gasteiger partial charge in [0, 0.05) is 25.4 Å². The van der Waals surface area contributed by atoms with Crippen molar-refractivity contribution in [2.45, 2.75) is 69.9 Å². The quantitative estimate of drug-likeness (QED) is 0.866. The zero-order valence-corrected chi connectivity index (χ0v) is 14.6. The molecular weight excluding hydrogens is 302 g/mol. The van der Waals surface area contributed by atoms with Crippen LogP contribution in [0.4, 0.5) is 5.82 Å². The highest BCUT2D eigenvalue weighted by atomic mass is 16.5. The highest BCUT2D eigenvalue weighted by molar-refractivity contribution is 5.94. The number of nitrogens with one attached hydrogen (secondary N) is 2. The number of nitrogens with zero attached hydrogens (tertiary/aromatic N) is 1. The number of rotatable bonds is 5. The Labute approximate surface area is 144 Å². The molecule has 1 aromatic heterocycles. The van der Waals surface area contributed by atoms with Crippen molar-refractivity contribution in [3.05, 3.63) is 23.9 Å². The fourth-order valence-electron chi connectivity index (χ4n) is 3.86. The van der Waals surface area contributed by atoms with Gasteiger partial charge in [-0.05, 0) is 44.2 Å². The lowest BCUT2D eigenvalue weighted by Crippen LogP contribution is -2.45. The molecule has 1 amide bonds. The minimum absolute atomic E-state index is 0.0527. The fraction of sp³-hybridized carbons (Fsp3) is 0.684. The zero-order chi connectivity index (χ0) is 16.8. The van der Waals surface area contributed by atoms with Crippen LogP contribution in [0.25, 0.3) is 0 Å². The standard InChI is InChI=1S/C19H29N3O2/c1-2-11-20-18(23)15-6-7-17(21-14-15)22-16-8-12-24-19(13-16)9-4-3-5-10-19/h6-7,14,16H,2-5,8-13H2,1H3,(H,20,23)(H,21,22). The third kappa shape index (κ3) is 4.26. The zero-order valence-electron chi connectivity index (χ0n) is 14.6. The van der Waals surface area contributed by atoms with E-state index in [0.717, 1.165) is 31.7 Å². The molecule has 0 bridgehead atoms. The van der Waals surface area contributed by atoms with Gasteiger partial charge in [0.15, 0.2) is 0 Å². The first kappa shape index (κ1) is 17.2. The summed E-state index contributed by atoms with van der Waals surface area (Å²) in [6, 6.07) is 4.16. The van der Waals surface area contributed by atoms with Crippen LogP contribution in [0.2, 0.25) is 0 Å². The average molecular weight is 331 g/mol. The predicted molar refractivity (Wildman–Crippen MR) is 95.3 cm³/mol. The first-order valence-electron chi connectivity index (χ1n) is 9.35. The monoisotopic (exact) mass is 331 g/mol. The maximum Gasteiger partial charge on any atom is 0.252 e. The summed E-state index contributed by atoms with van der Waals surface area (Å²) >= 11 is 0.